The summed E-state index contributed by atoms with van der Waals surface area (Å²) in [5, 5.41) is 6.25. The number of halogens is 1. The fraction of sp³-hybridized carbons (Fsp3) is 0.524. The number of piperidine rings is 1. The van der Waals surface area contributed by atoms with Crippen LogP contribution in [-0.2, 0) is 6.54 Å². The topological polar surface area (TPSA) is 24.5 Å². The molecular formula is C21H29ClN2O. The predicted octanol–water partition coefficient (Wildman–Crippen LogP) is 4.23. The minimum absolute atomic E-state index is 0. The number of hydrogen-bond donors (Lipinski definition) is 1. The van der Waals surface area contributed by atoms with Gasteiger partial charge < -0.3 is 10.1 Å². The van der Waals surface area contributed by atoms with Gasteiger partial charge in [0.2, 0.25) is 0 Å². The molecule has 0 amide bonds. The zero-order chi connectivity index (χ0) is 16.4. The van der Waals surface area contributed by atoms with E-state index in [2.05, 4.69) is 46.6 Å². The van der Waals surface area contributed by atoms with Crippen LogP contribution in [0, 0.1) is 5.92 Å². The normalized spacial score (nSPS) is 22.0. The fourth-order valence-electron chi connectivity index (χ4n) is 4.52. The SMILES string of the molecule is COc1ccc(CN2CCC(C3CCCN3)CC2)c2ccccc12.Cl. The molecule has 2 aliphatic rings. The van der Waals surface area contributed by atoms with Crippen molar-refractivity contribution in [1.82, 2.24) is 10.2 Å². The van der Waals surface area contributed by atoms with Crippen molar-refractivity contribution in [3.63, 3.8) is 0 Å². The summed E-state index contributed by atoms with van der Waals surface area (Å²) in [5.41, 5.74) is 1.42. The summed E-state index contributed by atoms with van der Waals surface area (Å²) in [6, 6.07) is 13.8. The summed E-state index contributed by atoms with van der Waals surface area (Å²) >= 11 is 0. The van der Waals surface area contributed by atoms with E-state index in [0.29, 0.717) is 0 Å². The third kappa shape index (κ3) is 3.94. The highest BCUT2D eigenvalue weighted by Crippen LogP contribution is 2.31. The van der Waals surface area contributed by atoms with Gasteiger partial charge in [0.1, 0.15) is 5.75 Å². The lowest BCUT2D eigenvalue weighted by molar-refractivity contribution is 0.158. The second-order valence-corrected chi connectivity index (χ2v) is 7.29. The number of likely N-dealkylation sites (tertiary alicyclic amines) is 1. The Hall–Kier alpha value is -1.29. The first-order valence-electron chi connectivity index (χ1n) is 9.35. The lowest BCUT2D eigenvalue weighted by Gasteiger charge is -2.35. The standard InChI is InChI=1S/C21H28N2O.ClH/c1-24-21-9-8-17(18-5-2-3-6-19(18)21)15-23-13-10-16(11-14-23)20-7-4-12-22-20;/h2-3,5-6,8-9,16,20,22H,4,7,10-15H2,1H3;1H. The Labute approximate surface area is 157 Å². The molecular weight excluding hydrogens is 332 g/mol. The molecule has 1 N–H and O–H groups in total. The summed E-state index contributed by atoms with van der Waals surface area (Å²) in [6.07, 6.45) is 5.42. The monoisotopic (exact) mass is 360 g/mol. The van der Waals surface area contributed by atoms with Gasteiger partial charge in [-0.25, -0.2) is 0 Å². The molecule has 0 aromatic heterocycles. The number of benzene rings is 2. The molecule has 2 heterocycles. The molecule has 0 radical (unpaired) electrons. The van der Waals surface area contributed by atoms with E-state index < -0.39 is 0 Å². The van der Waals surface area contributed by atoms with E-state index in [4.69, 9.17) is 4.74 Å². The molecule has 0 saturated carbocycles. The molecule has 0 bridgehead atoms. The van der Waals surface area contributed by atoms with Crippen molar-refractivity contribution < 1.29 is 4.74 Å². The molecule has 2 saturated heterocycles. The van der Waals surface area contributed by atoms with E-state index in [1.807, 2.05) is 0 Å². The summed E-state index contributed by atoms with van der Waals surface area (Å²) < 4.78 is 5.52. The van der Waals surface area contributed by atoms with Gasteiger partial charge in [0.05, 0.1) is 7.11 Å². The smallest absolute Gasteiger partial charge is 0.126 e. The zero-order valence-electron chi connectivity index (χ0n) is 15.0. The van der Waals surface area contributed by atoms with Crippen LogP contribution in [0.1, 0.15) is 31.2 Å². The Bertz CT molecular complexity index is 691. The van der Waals surface area contributed by atoms with Crippen LogP contribution in [0.4, 0.5) is 0 Å². The average Bonchev–Trinajstić information content (AvgIpc) is 3.17. The van der Waals surface area contributed by atoms with Gasteiger partial charge in [-0.15, -0.1) is 12.4 Å². The molecule has 3 nitrogen and oxygen atoms in total. The van der Waals surface area contributed by atoms with Crippen LogP contribution >= 0.6 is 12.4 Å². The van der Waals surface area contributed by atoms with Gasteiger partial charge in [-0.2, -0.15) is 0 Å². The lowest BCUT2D eigenvalue weighted by Crippen LogP contribution is -2.40. The number of rotatable bonds is 4. The maximum Gasteiger partial charge on any atom is 0.126 e. The number of fused-ring (bicyclic) bond motifs is 1. The van der Waals surface area contributed by atoms with Crippen LogP contribution in [0.25, 0.3) is 10.8 Å². The summed E-state index contributed by atoms with van der Waals surface area (Å²) in [6.45, 7) is 4.73. The van der Waals surface area contributed by atoms with E-state index >= 15 is 0 Å². The molecule has 2 aromatic carbocycles. The molecule has 2 fully saturated rings. The second kappa shape index (κ2) is 8.39. The lowest BCUT2D eigenvalue weighted by atomic mass is 9.88. The van der Waals surface area contributed by atoms with Gasteiger partial charge in [-0.1, -0.05) is 30.3 Å². The van der Waals surface area contributed by atoms with Crippen molar-refractivity contribution in [3.05, 3.63) is 42.0 Å². The van der Waals surface area contributed by atoms with E-state index in [0.717, 1.165) is 24.3 Å². The number of methoxy groups -OCH3 is 1. The summed E-state index contributed by atoms with van der Waals surface area (Å²) in [7, 11) is 1.75. The number of nitrogens with zero attached hydrogens (tertiary/aromatic N) is 1. The third-order valence-electron chi connectivity index (χ3n) is 5.89. The van der Waals surface area contributed by atoms with Crippen molar-refractivity contribution in [3.8, 4) is 5.75 Å². The summed E-state index contributed by atoms with van der Waals surface area (Å²) in [4.78, 5) is 2.62. The van der Waals surface area contributed by atoms with E-state index in [-0.39, 0.29) is 12.4 Å². The minimum atomic E-state index is 0. The van der Waals surface area contributed by atoms with Crippen molar-refractivity contribution >= 4 is 23.2 Å². The highest BCUT2D eigenvalue weighted by atomic mass is 35.5. The average molecular weight is 361 g/mol. The van der Waals surface area contributed by atoms with E-state index in [9.17, 15) is 0 Å². The number of hydrogen-bond acceptors (Lipinski definition) is 3. The van der Waals surface area contributed by atoms with Crippen LogP contribution in [-0.4, -0.2) is 37.7 Å². The minimum Gasteiger partial charge on any atom is -0.496 e. The number of nitrogens with one attached hydrogen (secondary N) is 1. The molecule has 1 atom stereocenters. The molecule has 1 unspecified atom stereocenters. The Kier molecular flexibility index (Phi) is 6.21. The van der Waals surface area contributed by atoms with Gasteiger partial charge in [-0.05, 0) is 68.3 Å². The Morgan fingerprint density at radius 3 is 2.48 bits per heavy atom. The van der Waals surface area contributed by atoms with Gasteiger partial charge >= 0.3 is 0 Å². The van der Waals surface area contributed by atoms with Crippen molar-refractivity contribution in [2.75, 3.05) is 26.7 Å². The maximum absolute atomic E-state index is 5.52. The molecule has 25 heavy (non-hydrogen) atoms. The Balaban J connectivity index is 0.00000182. The quantitative estimate of drug-likeness (QED) is 0.882. The second-order valence-electron chi connectivity index (χ2n) is 7.29. The summed E-state index contributed by atoms with van der Waals surface area (Å²) in [5.74, 6) is 1.86. The van der Waals surface area contributed by atoms with Crippen molar-refractivity contribution in [2.45, 2.75) is 38.3 Å². The molecule has 0 spiro atoms. The number of ether oxygens (including phenoxy) is 1. The Morgan fingerprint density at radius 1 is 1.04 bits per heavy atom. The fourth-order valence-corrected chi connectivity index (χ4v) is 4.52. The molecule has 0 aliphatic carbocycles. The van der Waals surface area contributed by atoms with Gasteiger partial charge in [0.25, 0.3) is 0 Å². The maximum atomic E-state index is 5.52. The van der Waals surface area contributed by atoms with Crippen LogP contribution in [0.5, 0.6) is 5.75 Å². The highest BCUT2D eigenvalue weighted by molar-refractivity contribution is 5.91. The molecule has 2 aromatic rings. The van der Waals surface area contributed by atoms with Gasteiger partial charge in [0.15, 0.2) is 0 Å². The first-order valence-corrected chi connectivity index (χ1v) is 9.35. The molecule has 2 aliphatic heterocycles. The Morgan fingerprint density at radius 2 is 1.80 bits per heavy atom. The van der Waals surface area contributed by atoms with Crippen LogP contribution in [0.15, 0.2) is 36.4 Å². The predicted molar refractivity (Wildman–Crippen MR) is 107 cm³/mol. The molecule has 4 rings (SSSR count). The third-order valence-corrected chi connectivity index (χ3v) is 5.89. The molecule has 136 valence electrons. The van der Waals surface area contributed by atoms with Gasteiger partial charge in [0, 0.05) is 18.0 Å². The van der Waals surface area contributed by atoms with Gasteiger partial charge in [-0.3, -0.25) is 4.90 Å². The van der Waals surface area contributed by atoms with Crippen molar-refractivity contribution in [2.24, 2.45) is 5.92 Å². The van der Waals surface area contributed by atoms with E-state index in [1.165, 1.54) is 61.7 Å². The van der Waals surface area contributed by atoms with Crippen LogP contribution in [0.3, 0.4) is 0 Å². The van der Waals surface area contributed by atoms with Crippen LogP contribution in [0.2, 0.25) is 0 Å². The first kappa shape index (κ1) is 18.5. The zero-order valence-corrected chi connectivity index (χ0v) is 15.9. The van der Waals surface area contributed by atoms with E-state index in [1.54, 1.807) is 7.11 Å². The first-order chi connectivity index (χ1) is 11.8. The highest BCUT2D eigenvalue weighted by Gasteiger charge is 2.28. The largest absolute Gasteiger partial charge is 0.496 e. The van der Waals surface area contributed by atoms with Crippen LogP contribution < -0.4 is 10.1 Å². The molecule has 4 heteroatoms. The van der Waals surface area contributed by atoms with Crippen molar-refractivity contribution in [1.29, 1.82) is 0 Å².